The third kappa shape index (κ3) is 3.56. The van der Waals surface area contributed by atoms with Gasteiger partial charge in [-0.05, 0) is 30.9 Å². The van der Waals surface area contributed by atoms with E-state index in [4.69, 9.17) is 4.74 Å². The van der Waals surface area contributed by atoms with Crippen LogP contribution in [0, 0.1) is 5.92 Å². The van der Waals surface area contributed by atoms with Gasteiger partial charge in [-0.2, -0.15) is 13.2 Å². The summed E-state index contributed by atoms with van der Waals surface area (Å²) in [4.78, 5) is 0. The molecule has 2 rings (SSSR count). The summed E-state index contributed by atoms with van der Waals surface area (Å²) < 4.78 is 42.0. The van der Waals surface area contributed by atoms with Crippen LogP contribution < -0.4 is 5.32 Å². The van der Waals surface area contributed by atoms with Crippen molar-refractivity contribution in [3.63, 3.8) is 0 Å². The van der Waals surface area contributed by atoms with E-state index < -0.39 is 11.9 Å². The van der Waals surface area contributed by atoms with Crippen LogP contribution in [0.1, 0.15) is 18.5 Å². The number of nitrogens with one attached hydrogen (secondary N) is 1. The van der Waals surface area contributed by atoms with Crippen LogP contribution in [0.25, 0.3) is 0 Å². The van der Waals surface area contributed by atoms with Crippen LogP contribution in [0.5, 0.6) is 0 Å². The molecule has 0 radical (unpaired) electrons. The highest BCUT2D eigenvalue weighted by molar-refractivity contribution is 5.33. The van der Waals surface area contributed by atoms with Crippen molar-refractivity contribution < 1.29 is 17.9 Å². The van der Waals surface area contributed by atoms with Crippen LogP contribution in [0.4, 0.5) is 19.0 Å². The Balaban J connectivity index is 1.86. The molecule has 0 aliphatic carbocycles. The minimum Gasteiger partial charge on any atom is -0.381 e. The highest BCUT2D eigenvalue weighted by Crippen LogP contribution is 2.27. The van der Waals surface area contributed by atoms with Gasteiger partial charge in [-0.3, -0.25) is 0 Å². The standard InChI is InChI=1S/C11H14F3N3O/c12-11(13,14)9-1-2-10(17-16-9)15-7-8-3-5-18-6-4-8/h1-2,8H,3-7H2,(H,15,17). The maximum absolute atomic E-state index is 12.3. The smallest absolute Gasteiger partial charge is 0.381 e. The van der Waals surface area contributed by atoms with Crippen LogP contribution in [0.2, 0.25) is 0 Å². The molecule has 0 bridgehead atoms. The second-order valence-electron chi connectivity index (χ2n) is 4.24. The van der Waals surface area contributed by atoms with Gasteiger partial charge in [0.15, 0.2) is 5.69 Å². The van der Waals surface area contributed by atoms with Crippen LogP contribution in [-0.2, 0) is 10.9 Å². The van der Waals surface area contributed by atoms with Crippen molar-refractivity contribution >= 4 is 5.82 Å². The quantitative estimate of drug-likeness (QED) is 0.907. The summed E-state index contributed by atoms with van der Waals surface area (Å²) in [6.45, 7) is 2.17. The van der Waals surface area contributed by atoms with Gasteiger partial charge < -0.3 is 10.1 Å². The fourth-order valence-electron chi connectivity index (χ4n) is 1.78. The monoisotopic (exact) mass is 261 g/mol. The Morgan fingerprint density at radius 3 is 2.50 bits per heavy atom. The van der Waals surface area contributed by atoms with Gasteiger partial charge in [-0.25, -0.2) is 0 Å². The summed E-state index contributed by atoms with van der Waals surface area (Å²) in [5.41, 5.74) is -0.973. The molecule has 0 saturated carbocycles. The SMILES string of the molecule is FC(F)(F)c1ccc(NCC2CCOCC2)nn1. The fourth-order valence-corrected chi connectivity index (χ4v) is 1.78. The molecule has 0 unspecified atom stereocenters. The molecule has 0 amide bonds. The lowest BCUT2D eigenvalue weighted by Gasteiger charge is -2.22. The third-order valence-electron chi connectivity index (χ3n) is 2.87. The first-order valence-corrected chi connectivity index (χ1v) is 5.78. The van der Waals surface area contributed by atoms with Crippen LogP contribution in [-0.4, -0.2) is 30.0 Å². The molecule has 1 aromatic rings. The van der Waals surface area contributed by atoms with E-state index in [1.165, 1.54) is 6.07 Å². The molecule has 1 aliphatic rings. The van der Waals surface area contributed by atoms with Crippen LogP contribution in [0.15, 0.2) is 12.1 Å². The Kier molecular flexibility index (Phi) is 4.00. The van der Waals surface area contributed by atoms with E-state index in [1.807, 2.05) is 0 Å². The van der Waals surface area contributed by atoms with Crippen molar-refractivity contribution in [3.8, 4) is 0 Å². The van der Waals surface area contributed by atoms with Crippen molar-refractivity contribution in [2.75, 3.05) is 25.1 Å². The van der Waals surface area contributed by atoms with E-state index in [2.05, 4.69) is 15.5 Å². The molecular weight excluding hydrogens is 247 g/mol. The van der Waals surface area contributed by atoms with Crippen molar-refractivity contribution in [2.45, 2.75) is 19.0 Å². The third-order valence-corrected chi connectivity index (χ3v) is 2.87. The van der Waals surface area contributed by atoms with Gasteiger partial charge in [0.05, 0.1) is 0 Å². The molecule has 0 spiro atoms. The molecule has 0 aromatic carbocycles. The first-order valence-electron chi connectivity index (χ1n) is 5.78. The molecule has 7 heteroatoms. The van der Waals surface area contributed by atoms with E-state index in [0.717, 1.165) is 32.1 Å². The Morgan fingerprint density at radius 2 is 1.94 bits per heavy atom. The zero-order valence-electron chi connectivity index (χ0n) is 9.70. The number of aromatic nitrogens is 2. The van der Waals surface area contributed by atoms with Gasteiger partial charge >= 0.3 is 6.18 Å². The highest BCUT2D eigenvalue weighted by atomic mass is 19.4. The van der Waals surface area contributed by atoms with E-state index in [-0.39, 0.29) is 0 Å². The van der Waals surface area contributed by atoms with Gasteiger partial charge in [0.2, 0.25) is 0 Å². The second kappa shape index (κ2) is 5.51. The van der Waals surface area contributed by atoms with Crippen molar-refractivity contribution in [2.24, 2.45) is 5.92 Å². The summed E-state index contributed by atoms with van der Waals surface area (Å²) in [7, 11) is 0. The minimum absolute atomic E-state index is 0.370. The summed E-state index contributed by atoms with van der Waals surface area (Å²) in [5, 5.41) is 9.67. The second-order valence-corrected chi connectivity index (χ2v) is 4.24. The average molecular weight is 261 g/mol. The van der Waals surface area contributed by atoms with Gasteiger partial charge in [-0.1, -0.05) is 0 Å². The van der Waals surface area contributed by atoms with Gasteiger partial charge in [0.25, 0.3) is 0 Å². The van der Waals surface area contributed by atoms with Crippen molar-refractivity contribution in [1.82, 2.24) is 10.2 Å². The lowest BCUT2D eigenvalue weighted by atomic mass is 10.0. The number of nitrogens with zero attached hydrogens (tertiary/aromatic N) is 2. The van der Waals surface area contributed by atoms with E-state index in [0.29, 0.717) is 18.3 Å². The summed E-state index contributed by atoms with van der Waals surface area (Å²) in [6, 6.07) is 2.23. The first-order chi connectivity index (χ1) is 8.55. The molecular formula is C11H14F3N3O. The summed E-state index contributed by atoms with van der Waals surface area (Å²) >= 11 is 0. The fraction of sp³-hybridized carbons (Fsp3) is 0.636. The molecule has 18 heavy (non-hydrogen) atoms. The van der Waals surface area contributed by atoms with Gasteiger partial charge in [0, 0.05) is 19.8 Å². The zero-order chi connectivity index (χ0) is 13.0. The molecule has 1 N–H and O–H groups in total. The average Bonchev–Trinajstić information content (AvgIpc) is 2.37. The largest absolute Gasteiger partial charge is 0.435 e. The Morgan fingerprint density at radius 1 is 1.22 bits per heavy atom. The number of ether oxygens (including phenoxy) is 1. The van der Waals surface area contributed by atoms with Crippen LogP contribution >= 0.6 is 0 Å². The molecule has 2 heterocycles. The molecule has 1 aliphatic heterocycles. The summed E-state index contributed by atoms with van der Waals surface area (Å²) in [5.74, 6) is 0.845. The first kappa shape index (κ1) is 13.1. The molecule has 4 nitrogen and oxygen atoms in total. The number of alkyl halides is 3. The maximum Gasteiger partial charge on any atom is 0.435 e. The lowest BCUT2D eigenvalue weighted by molar-refractivity contribution is -0.141. The van der Waals surface area contributed by atoms with Gasteiger partial charge in [0.1, 0.15) is 5.82 Å². The zero-order valence-corrected chi connectivity index (χ0v) is 9.70. The summed E-state index contributed by atoms with van der Waals surface area (Å²) in [6.07, 6.45) is -2.52. The lowest BCUT2D eigenvalue weighted by Crippen LogP contribution is -2.23. The predicted octanol–water partition coefficient (Wildman–Crippen LogP) is 2.33. The number of hydrogen-bond donors (Lipinski definition) is 1. The Bertz CT molecular complexity index is 374. The number of hydrogen-bond acceptors (Lipinski definition) is 4. The number of halogens is 3. The van der Waals surface area contributed by atoms with Crippen molar-refractivity contribution in [3.05, 3.63) is 17.8 Å². The number of rotatable bonds is 3. The van der Waals surface area contributed by atoms with E-state index in [9.17, 15) is 13.2 Å². The number of anilines is 1. The van der Waals surface area contributed by atoms with Gasteiger partial charge in [-0.15, -0.1) is 10.2 Å². The Labute approximate surface area is 103 Å². The molecule has 1 fully saturated rings. The van der Waals surface area contributed by atoms with E-state index in [1.54, 1.807) is 0 Å². The normalized spacial score (nSPS) is 17.7. The Hall–Kier alpha value is -1.37. The molecule has 0 atom stereocenters. The van der Waals surface area contributed by atoms with Crippen LogP contribution in [0.3, 0.4) is 0 Å². The highest BCUT2D eigenvalue weighted by Gasteiger charge is 2.32. The molecule has 100 valence electrons. The van der Waals surface area contributed by atoms with Crippen molar-refractivity contribution in [1.29, 1.82) is 0 Å². The maximum atomic E-state index is 12.3. The predicted molar refractivity (Wildman–Crippen MR) is 59.1 cm³/mol. The topological polar surface area (TPSA) is 47.0 Å². The van der Waals surface area contributed by atoms with E-state index >= 15 is 0 Å². The molecule has 1 aromatic heterocycles. The minimum atomic E-state index is -4.44. The molecule has 1 saturated heterocycles.